The van der Waals surface area contributed by atoms with E-state index in [0.29, 0.717) is 24.9 Å². The molecule has 4 rings (SSSR count). The summed E-state index contributed by atoms with van der Waals surface area (Å²) in [6.07, 6.45) is 8.70. The molecule has 3 aromatic rings. The van der Waals surface area contributed by atoms with E-state index < -0.39 is 0 Å². The molecular formula is C20H25N7O. The van der Waals surface area contributed by atoms with E-state index in [-0.39, 0.29) is 6.10 Å². The summed E-state index contributed by atoms with van der Waals surface area (Å²) >= 11 is 0. The van der Waals surface area contributed by atoms with Crippen LogP contribution in [0.5, 0.6) is 5.88 Å². The average Bonchev–Trinajstić information content (AvgIpc) is 3.39. The molecule has 1 fully saturated rings. The second-order valence-corrected chi connectivity index (χ2v) is 6.82. The molecule has 0 spiro atoms. The van der Waals surface area contributed by atoms with Crippen molar-refractivity contribution in [1.29, 1.82) is 0 Å². The summed E-state index contributed by atoms with van der Waals surface area (Å²) in [7, 11) is 1.75. The summed E-state index contributed by atoms with van der Waals surface area (Å²) in [6, 6.07) is 9.79. The number of pyridine rings is 2. The largest absolute Gasteiger partial charge is 0.474 e. The summed E-state index contributed by atoms with van der Waals surface area (Å²) < 4.78 is 8.06. The average molecular weight is 379 g/mol. The van der Waals surface area contributed by atoms with Crippen molar-refractivity contribution in [2.75, 3.05) is 7.05 Å². The van der Waals surface area contributed by atoms with E-state index in [2.05, 4.69) is 30.8 Å². The van der Waals surface area contributed by atoms with Crippen molar-refractivity contribution in [3.63, 3.8) is 0 Å². The van der Waals surface area contributed by atoms with Gasteiger partial charge in [0.25, 0.3) is 0 Å². The SMILES string of the molecule is CN=C(NCc1cccnc1OC1CCCC1)NCc1nnc2ccccn12. The predicted octanol–water partition coefficient (Wildman–Crippen LogP) is 2.31. The van der Waals surface area contributed by atoms with Gasteiger partial charge in [0.2, 0.25) is 5.88 Å². The Balaban J connectivity index is 1.35. The number of aliphatic imine (C=N–C) groups is 1. The lowest BCUT2D eigenvalue weighted by Crippen LogP contribution is -2.37. The summed E-state index contributed by atoms with van der Waals surface area (Å²) in [5.74, 6) is 2.22. The smallest absolute Gasteiger partial charge is 0.218 e. The van der Waals surface area contributed by atoms with Gasteiger partial charge in [-0.3, -0.25) is 9.39 Å². The quantitative estimate of drug-likeness (QED) is 0.505. The molecule has 3 heterocycles. The number of rotatable bonds is 6. The topological polar surface area (TPSA) is 88.7 Å². The first kappa shape index (κ1) is 18.2. The standard InChI is InChI=1S/C20H25N7O/c1-21-20(24-14-18-26-25-17-10-4-5-12-27(17)18)23-13-15-7-6-11-22-19(15)28-16-8-2-3-9-16/h4-7,10-12,16H,2-3,8-9,13-14H2,1H3,(H2,21,23,24). The number of aromatic nitrogens is 4. The Labute approximate surface area is 164 Å². The normalized spacial score (nSPS) is 15.1. The fourth-order valence-electron chi connectivity index (χ4n) is 3.40. The van der Waals surface area contributed by atoms with Crippen molar-refractivity contribution in [3.8, 4) is 5.88 Å². The third kappa shape index (κ3) is 4.21. The number of guanidine groups is 1. The highest BCUT2D eigenvalue weighted by atomic mass is 16.5. The van der Waals surface area contributed by atoms with Gasteiger partial charge < -0.3 is 15.4 Å². The molecule has 2 N–H and O–H groups in total. The second kappa shape index (κ2) is 8.69. The van der Waals surface area contributed by atoms with E-state index in [1.807, 2.05) is 40.9 Å². The van der Waals surface area contributed by atoms with Crippen LogP contribution >= 0.6 is 0 Å². The number of nitrogens with one attached hydrogen (secondary N) is 2. The summed E-state index contributed by atoms with van der Waals surface area (Å²) in [4.78, 5) is 8.71. The van der Waals surface area contributed by atoms with Gasteiger partial charge in [0.1, 0.15) is 6.10 Å². The monoisotopic (exact) mass is 379 g/mol. The Bertz CT molecular complexity index is 946. The zero-order valence-corrected chi connectivity index (χ0v) is 16.0. The zero-order chi connectivity index (χ0) is 19.2. The maximum absolute atomic E-state index is 6.11. The van der Waals surface area contributed by atoms with Crippen LogP contribution in [0.15, 0.2) is 47.7 Å². The van der Waals surface area contributed by atoms with Gasteiger partial charge in [-0.2, -0.15) is 0 Å². The lowest BCUT2D eigenvalue weighted by Gasteiger charge is -2.16. The highest BCUT2D eigenvalue weighted by Gasteiger charge is 2.18. The van der Waals surface area contributed by atoms with Gasteiger partial charge in [0, 0.05) is 31.5 Å². The molecule has 0 aliphatic heterocycles. The Morgan fingerprint density at radius 3 is 2.86 bits per heavy atom. The number of nitrogens with zero attached hydrogens (tertiary/aromatic N) is 5. The molecule has 0 aromatic carbocycles. The first-order chi connectivity index (χ1) is 13.8. The highest BCUT2D eigenvalue weighted by Crippen LogP contribution is 2.24. The van der Waals surface area contributed by atoms with Gasteiger partial charge in [-0.25, -0.2) is 4.98 Å². The molecule has 0 amide bonds. The van der Waals surface area contributed by atoms with Crippen molar-refractivity contribution in [1.82, 2.24) is 30.2 Å². The third-order valence-corrected chi connectivity index (χ3v) is 4.90. The maximum atomic E-state index is 6.11. The molecule has 1 aliphatic carbocycles. The van der Waals surface area contributed by atoms with E-state index in [9.17, 15) is 0 Å². The lowest BCUT2D eigenvalue weighted by molar-refractivity contribution is 0.199. The fourth-order valence-corrected chi connectivity index (χ4v) is 3.40. The molecule has 3 aromatic heterocycles. The third-order valence-electron chi connectivity index (χ3n) is 4.90. The van der Waals surface area contributed by atoms with Crippen LogP contribution < -0.4 is 15.4 Å². The lowest BCUT2D eigenvalue weighted by atomic mass is 10.2. The van der Waals surface area contributed by atoms with Crippen LogP contribution in [0.1, 0.15) is 37.1 Å². The molecule has 1 aliphatic rings. The van der Waals surface area contributed by atoms with E-state index in [4.69, 9.17) is 4.74 Å². The molecule has 1 saturated carbocycles. The van der Waals surface area contributed by atoms with E-state index in [1.165, 1.54) is 12.8 Å². The van der Waals surface area contributed by atoms with Gasteiger partial charge in [-0.15, -0.1) is 10.2 Å². The van der Waals surface area contributed by atoms with Crippen LogP contribution in [0.3, 0.4) is 0 Å². The minimum Gasteiger partial charge on any atom is -0.474 e. The highest BCUT2D eigenvalue weighted by molar-refractivity contribution is 5.79. The molecule has 0 saturated heterocycles. The predicted molar refractivity (Wildman–Crippen MR) is 107 cm³/mol. The minimum atomic E-state index is 0.285. The summed E-state index contributed by atoms with van der Waals surface area (Å²) in [6.45, 7) is 1.10. The van der Waals surface area contributed by atoms with Crippen LogP contribution in [-0.4, -0.2) is 38.7 Å². The Kier molecular flexibility index (Phi) is 5.65. The van der Waals surface area contributed by atoms with E-state index >= 15 is 0 Å². The second-order valence-electron chi connectivity index (χ2n) is 6.82. The fraction of sp³-hybridized carbons (Fsp3) is 0.400. The Morgan fingerprint density at radius 2 is 2.00 bits per heavy atom. The molecule has 0 bridgehead atoms. The van der Waals surface area contributed by atoms with Gasteiger partial charge in [-0.1, -0.05) is 12.1 Å². The van der Waals surface area contributed by atoms with Crippen molar-refractivity contribution in [2.45, 2.75) is 44.9 Å². The van der Waals surface area contributed by atoms with Gasteiger partial charge in [-0.05, 0) is 43.9 Å². The van der Waals surface area contributed by atoms with Crippen LogP contribution in [0.25, 0.3) is 5.65 Å². The molecule has 0 atom stereocenters. The molecule has 0 unspecified atom stereocenters. The molecule has 8 nitrogen and oxygen atoms in total. The van der Waals surface area contributed by atoms with Gasteiger partial charge >= 0.3 is 0 Å². The van der Waals surface area contributed by atoms with Crippen LogP contribution in [-0.2, 0) is 13.1 Å². The number of hydrogen-bond acceptors (Lipinski definition) is 5. The minimum absolute atomic E-state index is 0.285. The Morgan fingerprint density at radius 1 is 1.14 bits per heavy atom. The molecule has 146 valence electrons. The molecule has 8 heteroatoms. The zero-order valence-electron chi connectivity index (χ0n) is 16.0. The van der Waals surface area contributed by atoms with Gasteiger partial charge in [0.05, 0.1) is 6.54 Å². The molecule has 0 radical (unpaired) electrons. The van der Waals surface area contributed by atoms with E-state index in [0.717, 1.165) is 29.9 Å². The Hall–Kier alpha value is -3.16. The first-order valence-corrected chi connectivity index (χ1v) is 9.67. The van der Waals surface area contributed by atoms with Crippen molar-refractivity contribution < 1.29 is 4.74 Å². The molecule has 28 heavy (non-hydrogen) atoms. The van der Waals surface area contributed by atoms with Crippen molar-refractivity contribution in [3.05, 3.63) is 54.1 Å². The first-order valence-electron chi connectivity index (χ1n) is 9.67. The number of hydrogen-bond donors (Lipinski definition) is 2. The van der Waals surface area contributed by atoms with Crippen LogP contribution in [0, 0.1) is 0 Å². The molecular weight excluding hydrogens is 354 g/mol. The van der Waals surface area contributed by atoms with Gasteiger partial charge in [0.15, 0.2) is 17.4 Å². The van der Waals surface area contributed by atoms with E-state index in [1.54, 1.807) is 13.2 Å². The number of ether oxygens (including phenoxy) is 1. The van der Waals surface area contributed by atoms with Crippen molar-refractivity contribution >= 4 is 11.6 Å². The summed E-state index contributed by atoms with van der Waals surface area (Å²) in [5.41, 5.74) is 1.84. The summed E-state index contributed by atoms with van der Waals surface area (Å²) in [5, 5.41) is 15.0. The van der Waals surface area contributed by atoms with Crippen LogP contribution in [0.2, 0.25) is 0 Å². The van der Waals surface area contributed by atoms with Crippen LogP contribution in [0.4, 0.5) is 0 Å². The maximum Gasteiger partial charge on any atom is 0.218 e. The number of fused-ring (bicyclic) bond motifs is 1. The van der Waals surface area contributed by atoms with Crippen molar-refractivity contribution in [2.24, 2.45) is 4.99 Å².